The Balaban J connectivity index is 1.60. The topological polar surface area (TPSA) is 94.5 Å². The van der Waals surface area contributed by atoms with Crippen molar-refractivity contribution in [3.8, 4) is 6.07 Å². The maximum Gasteiger partial charge on any atom is 0.237 e. The molecule has 0 spiro atoms. The van der Waals surface area contributed by atoms with Crippen molar-refractivity contribution in [1.82, 2.24) is 15.2 Å². The lowest BCUT2D eigenvalue weighted by Crippen LogP contribution is -2.22. The van der Waals surface area contributed by atoms with Crippen LogP contribution in [0.15, 0.2) is 53.7 Å². The smallest absolute Gasteiger partial charge is 0.237 e. The predicted molar refractivity (Wildman–Crippen MR) is 112 cm³/mol. The van der Waals surface area contributed by atoms with Gasteiger partial charge >= 0.3 is 0 Å². The van der Waals surface area contributed by atoms with E-state index in [9.17, 15) is 4.79 Å². The minimum atomic E-state index is -0.394. The van der Waals surface area contributed by atoms with Crippen molar-refractivity contribution in [3.63, 3.8) is 0 Å². The molecule has 0 radical (unpaired) electrons. The van der Waals surface area contributed by atoms with E-state index in [1.165, 1.54) is 17.3 Å². The van der Waals surface area contributed by atoms with Gasteiger partial charge in [0.05, 0.1) is 16.9 Å². The van der Waals surface area contributed by atoms with Gasteiger partial charge in [0.25, 0.3) is 0 Å². The van der Waals surface area contributed by atoms with Gasteiger partial charge in [-0.15, -0.1) is 5.10 Å². The van der Waals surface area contributed by atoms with Crippen molar-refractivity contribution in [2.24, 2.45) is 0 Å². The molecule has 1 heterocycles. The number of aryl methyl sites for hydroxylation is 1. The number of benzene rings is 2. The molecule has 1 atom stereocenters. The molecule has 0 aliphatic rings. The van der Waals surface area contributed by atoms with E-state index in [0.717, 1.165) is 5.56 Å². The van der Waals surface area contributed by atoms with Gasteiger partial charge in [-0.2, -0.15) is 5.26 Å². The van der Waals surface area contributed by atoms with Crippen molar-refractivity contribution >= 4 is 35.5 Å². The zero-order valence-corrected chi connectivity index (χ0v) is 16.3. The minimum absolute atomic E-state index is 0.179. The molecule has 2 N–H and O–H groups in total. The Bertz CT molecular complexity index is 1050. The van der Waals surface area contributed by atoms with Gasteiger partial charge in [-0.25, -0.2) is 4.98 Å². The van der Waals surface area contributed by atoms with Crippen LogP contribution in [0.5, 0.6) is 0 Å². The molecule has 0 saturated heterocycles. The van der Waals surface area contributed by atoms with Gasteiger partial charge in [0.15, 0.2) is 0 Å². The molecular weight excluding hydrogens is 370 g/mol. The lowest BCUT2D eigenvalue weighted by atomic mass is 10.1. The molecule has 3 rings (SSSR count). The molecular formula is C21H19N5OS. The second-order valence-corrected chi connectivity index (χ2v) is 7.44. The zero-order chi connectivity index (χ0) is 19.9. The van der Waals surface area contributed by atoms with Crippen LogP contribution >= 0.6 is 11.8 Å². The van der Waals surface area contributed by atoms with Crippen molar-refractivity contribution in [1.29, 1.82) is 5.26 Å². The highest BCUT2D eigenvalue weighted by Gasteiger charge is 2.17. The number of hydrogen-bond donors (Lipinski definition) is 2. The molecule has 2 aromatic carbocycles. The summed E-state index contributed by atoms with van der Waals surface area (Å²) in [6.07, 6.45) is 3.83. The summed E-state index contributed by atoms with van der Waals surface area (Å²) in [5.41, 5.74) is 3.38. The number of anilines is 1. The van der Waals surface area contributed by atoms with Crippen LogP contribution in [0.1, 0.15) is 29.4 Å². The van der Waals surface area contributed by atoms with E-state index in [4.69, 9.17) is 5.26 Å². The Morgan fingerprint density at radius 1 is 1.25 bits per heavy atom. The van der Waals surface area contributed by atoms with E-state index < -0.39 is 5.25 Å². The van der Waals surface area contributed by atoms with E-state index in [1.54, 1.807) is 31.2 Å². The number of nitriles is 1. The van der Waals surface area contributed by atoms with Gasteiger partial charge < -0.3 is 5.32 Å². The lowest BCUT2D eigenvalue weighted by molar-refractivity contribution is -0.115. The molecule has 1 aromatic heterocycles. The van der Waals surface area contributed by atoms with Gasteiger partial charge in [-0.3, -0.25) is 9.89 Å². The third-order valence-corrected chi connectivity index (χ3v) is 4.96. The Hall–Kier alpha value is -3.37. The van der Waals surface area contributed by atoms with Crippen LogP contribution in [-0.4, -0.2) is 26.3 Å². The monoisotopic (exact) mass is 389 g/mol. The second-order valence-electron chi connectivity index (χ2n) is 6.14. The Labute approximate surface area is 167 Å². The highest BCUT2D eigenvalue weighted by molar-refractivity contribution is 8.00. The summed E-state index contributed by atoms with van der Waals surface area (Å²) in [5, 5.41) is 18.9. The third-order valence-electron chi connectivity index (χ3n) is 4.00. The number of nitrogens with zero attached hydrogens (tertiary/aromatic N) is 3. The normalized spacial score (nSPS) is 11.9. The van der Waals surface area contributed by atoms with Crippen molar-refractivity contribution in [2.75, 3.05) is 5.32 Å². The fourth-order valence-corrected chi connectivity index (χ4v) is 3.18. The average molecular weight is 389 g/mol. The van der Waals surface area contributed by atoms with Crippen LogP contribution < -0.4 is 5.32 Å². The molecule has 6 nitrogen and oxygen atoms in total. The predicted octanol–water partition coefficient (Wildman–Crippen LogP) is 4.27. The maximum atomic E-state index is 12.4. The standard InChI is InChI=1S/C21H19N5OS/c1-14-6-3-4-8-17(14)10-11-19-24-21(26-25-19)28-15(2)20(27)23-18-9-5-7-16(12-18)13-22/h3-12,15H,1-2H3,(H,23,27)(H,24,25,26)/b11-10+. The number of carbonyl (C=O) groups excluding carboxylic acids is 1. The molecule has 0 aliphatic carbocycles. The molecule has 0 bridgehead atoms. The fraction of sp³-hybridized carbons (Fsp3) is 0.143. The molecule has 3 aromatic rings. The Morgan fingerprint density at radius 2 is 2.07 bits per heavy atom. The van der Waals surface area contributed by atoms with Crippen LogP contribution in [0.25, 0.3) is 12.2 Å². The number of carbonyl (C=O) groups is 1. The number of nitrogens with one attached hydrogen (secondary N) is 2. The number of aromatic nitrogens is 3. The van der Waals surface area contributed by atoms with Crippen LogP contribution in [0.3, 0.4) is 0 Å². The van der Waals surface area contributed by atoms with Crippen molar-refractivity contribution in [2.45, 2.75) is 24.3 Å². The van der Waals surface area contributed by atoms with Crippen LogP contribution in [0, 0.1) is 18.3 Å². The number of aromatic amines is 1. The zero-order valence-electron chi connectivity index (χ0n) is 15.5. The van der Waals surface area contributed by atoms with Crippen LogP contribution in [0.4, 0.5) is 5.69 Å². The highest BCUT2D eigenvalue weighted by Crippen LogP contribution is 2.21. The van der Waals surface area contributed by atoms with E-state index >= 15 is 0 Å². The maximum absolute atomic E-state index is 12.4. The summed E-state index contributed by atoms with van der Waals surface area (Å²) < 4.78 is 0. The Kier molecular flexibility index (Phi) is 6.25. The number of hydrogen-bond acceptors (Lipinski definition) is 5. The number of H-pyrrole nitrogens is 1. The average Bonchev–Trinajstić information content (AvgIpc) is 3.14. The summed E-state index contributed by atoms with van der Waals surface area (Å²) in [6, 6.07) is 16.9. The van der Waals surface area contributed by atoms with E-state index in [1.807, 2.05) is 43.3 Å². The second kappa shape index (κ2) is 9.02. The summed E-state index contributed by atoms with van der Waals surface area (Å²) in [4.78, 5) is 16.8. The first-order valence-corrected chi connectivity index (χ1v) is 9.57. The van der Waals surface area contributed by atoms with Gasteiger partial charge in [0.2, 0.25) is 11.1 Å². The minimum Gasteiger partial charge on any atom is -0.325 e. The van der Waals surface area contributed by atoms with E-state index in [2.05, 4.69) is 26.6 Å². The van der Waals surface area contributed by atoms with Crippen molar-refractivity contribution in [3.05, 3.63) is 71.0 Å². The first-order chi connectivity index (χ1) is 13.5. The molecule has 1 unspecified atom stereocenters. The SMILES string of the molecule is Cc1ccccc1/C=C/c1nc(SC(C)C(=O)Nc2cccc(C#N)c2)n[nH]1. The summed E-state index contributed by atoms with van der Waals surface area (Å²) in [5.74, 6) is 0.446. The van der Waals surface area contributed by atoms with Gasteiger partial charge in [-0.1, -0.05) is 48.2 Å². The first-order valence-electron chi connectivity index (χ1n) is 8.69. The first kappa shape index (κ1) is 19.4. The number of amides is 1. The van der Waals surface area contributed by atoms with E-state index in [-0.39, 0.29) is 5.91 Å². The third kappa shape index (κ3) is 5.09. The summed E-state index contributed by atoms with van der Waals surface area (Å²) in [7, 11) is 0. The number of thioether (sulfide) groups is 1. The largest absolute Gasteiger partial charge is 0.325 e. The Morgan fingerprint density at radius 3 is 2.86 bits per heavy atom. The fourth-order valence-electron chi connectivity index (χ4n) is 2.45. The molecule has 7 heteroatoms. The summed E-state index contributed by atoms with van der Waals surface area (Å²) >= 11 is 1.26. The van der Waals surface area contributed by atoms with Gasteiger partial charge in [-0.05, 0) is 49.2 Å². The number of rotatable bonds is 6. The van der Waals surface area contributed by atoms with Gasteiger partial charge in [0, 0.05) is 5.69 Å². The molecule has 1 amide bonds. The van der Waals surface area contributed by atoms with Crippen molar-refractivity contribution < 1.29 is 4.79 Å². The molecule has 0 saturated carbocycles. The molecule has 140 valence electrons. The highest BCUT2D eigenvalue weighted by atomic mass is 32.2. The molecule has 0 aliphatic heterocycles. The van der Waals surface area contributed by atoms with Gasteiger partial charge in [0.1, 0.15) is 5.82 Å². The quantitative estimate of drug-likeness (QED) is 0.614. The summed E-state index contributed by atoms with van der Waals surface area (Å²) in [6.45, 7) is 3.83. The van der Waals surface area contributed by atoms with Crippen LogP contribution in [-0.2, 0) is 4.79 Å². The lowest BCUT2D eigenvalue weighted by Gasteiger charge is -2.10. The van der Waals surface area contributed by atoms with E-state index in [0.29, 0.717) is 22.2 Å². The molecule has 28 heavy (non-hydrogen) atoms. The van der Waals surface area contributed by atoms with Crippen LogP contribution in [0.2, 0.25) is 0 Å². The molecule has 0 fully saturated rings.